The lowest BCUT2D eigenvalue weighted by Gasteiger charge is -2.13. The molecular formula is C27H37NO3. The van der Waals surface area contributed by atoms with Crippen LogP contribution in [0.1, 0.15) is 44.2 Å². The van der Waals surface area contributed by atoms with Gasteiger partial charge in [0, 0.05) is 12.1 Å². The molecule has 0 fully saturated rings. The molecule has 2 rings (SSSR count). The van der Waals surface area contributed by atoms with Crippen molar-refractivity contribution in [1.82, 2.24) is 4.90 Å². The van der Waals surface area contributed by atoms with Crippen molar-refractivity contribution in [2.45, 2.75) is 46.0 Å². The Bertz CT molecular complexity index is 840. The summed E-state index contributed by atoms with van der Waals surface area (Å²) < 4.78 is 10.9. The number of nitrogens with zero attached hydrogens (tertiary/aromatic N) is 1. The van der Waals surface area contributed by atoms with E-state index in [2.05, 4.69) is 50.8 Å². The minimum atomic E-state index is -0.377. The van der Waals surface area contributed by atoms with Gasteiger partial charge in [-0.15, -0.1) is 0 Å². The van der Waals surface area contributed by atoms with E-state index in [1.807, 2.05) is 31.1 Å². The van der Waals surface area contributed by atoms with Crippen molar-refractivity contribution in [1.29, 1.82) is 0 Å². The molecule has 0 saturated heterocycles. The third-order valence-corrected chi connectivity index (χ3v) is 5.17. The van der Waals surface area contributed by atoms with E-state index >= 15 is 0 Å². The molecular weight excluding hydrogens is 386 g/mol. The Morgan fingerprint density at radius 1 is 1.00 bits per heavy atom. The fourth-order valence-corrected chi connectivity index (χ4v) is 3.53. The first-order valence-electron chi connectivity index (χ1n) is 11.3. The third-order valence-electron chi connectivity index (χ3n) is 5.17. The zero-order chi connectivity index (χ0) is 22.6. The van der Waals surface area contributed by atoms with E-state index in [0.717, 1.165) is 18.6 Å². The second-order valence-corrected chi connectivity index (χ2v) is 8.15. The lowest BCUT2D eigenvalue weighted by molar-refractivity contribution is -0.139. The third kappa shape index (κ3) is 8.22. The van der Waals surface area contributed by atoms with Crippen LogP contribution < -0.4 is 4.74 Å². The summed E-state index contributed by atoms with van der Waals surface area (Å²) in [5.41, 5.74) is 5.72. The van der Waals surface area contributed by atoms with Gasteiger partial charge in [-0.25, -0.2) is 4.79 Å². The number of hydrogen-bond acceptors (Lipinski definition) is 4. The molecule has 4 nitrogen and oxygen atoms in total. The quantitative estimate of drug-likeness (QED) is 0.236. The largest absolute Gasteiger partial charge is 0.490 e. The van der Waals surface area contributed by atoms with Crippen LogP contribution in [0.5, 0.6) is 5.75 Å². The van der Waals surface area contributed by atoms with E-state index in [9.17, 15) is 4.79 Å². The van der Waals surface area contributed by atoms with E-state index in [0.29, 0.717) is 18.7 Å². The molecule has 0 spiro atoms. The maximum absolute atomic E-state index is 11.8. The lowest BCUT2D eigenvalue weighted by atomic mass is 9.94. The zero-order valence-corrected chi connectivity index (χ0v) is 19.6. The van der Waals surface area contributed by atoms with Crippen LogP contribution in [0.2, 0.25) is 0 Å². The van der Waals surface area contributed by atoms with Gasteiger partial charge in [0.15, 0.2) is 0 Å². The maximum atomic E-state index is 11.8. The summed E-state index contributed by atoms with van der Waals surface area (Å²) in [6.45, 7) is 9.20. The van der Waals surface area contributed by atoms with Gasteiger partial charge >= 0.3 is 5.97 Å². The number of benzene rings is 2. The number of ether oxygens (including phenoxy) is 2. The van der Waals surface area contributed by atoms with Gasteiger partial charge in [-0.05, 0) is 67.7 Å². The number of likely N-dealkylation sites (N-methyl/N-ethyl adjacent to an activating group) is 1. The van der Waals surface area contributed by atoms with Crippen molar-refractivity contribution < 1.29 is 14.3 Å². The van der Waals surface area contributed by atoms with Crippen LogP contribution in [-0.2, 0) is 22.4 Å². The Labute approximate surface area is 187 Å². The molecule has 0 heterocycles. The second kappa shape index (κ2) is 13.0. The molecule has 0 aliphatic heterocycles. The normalized spacial score (nSPS) is 10.9. The van der Waals surface area contributed by atoms with Gasteiger partial charge < -0.3 is 14.4 Å². The summed E-state index contributed by atoms with van der Waals surface area (Å²) in [5, 5.41) is 0. The standard InChI is InChI=1S/C27H37NO3/c1-6-8-9-10-22-11-16-26(23(7-2)19-22)24-12-14-25(15-13-24)30-17-18-31-27(29)21(3)20-28(4)5/h11-16,19H,3,6-10,17-18,20H2,1-2,4-5H3. The molecule has 0 saturated carbocycles. The minimum absolute atomic E-state index is 0.201. The molecule has 4 heteroatoms. The summed E-state index contributed by atoms with van der Waals surface area (Å²) >= 11 is 0. The minimum Gasteiger partial charge on any atom is -0.490 e. The molecule has 2 aromatic rings. The van der Waals surface area contributed by atoms with E-state index in [-0.39, 0.29) is 12.6 Å². The van der Waals surface area contributed by atoms with Crippen molar-refractivity contribution in [3.63, 3.8) is 0 Å². The molecule has 0 unspecified atom stereocenters. The number of esters is 1. The van der Waals surface area contributed by atoms with Crippen LogP contribution in [0.15, 0.2) is 54.6 Å². The highest BCUT2D eigenvalue weighted by Gasteiger charge is 2.10. The van der Waals surface area contributed by atoms with E-state index < -0.39 is 0 Å². The summed E-state index contributed by atoms with van der Waals surface area (Å²) in [5.74, 6) is 0.388. The fraction of sp³-hybridized carbons (Fsp3) is 0.444. The molecule has 0 aromatic heterocycles. The molecule has 0 aliphatic rings. The molecule has 2 aromatic carbocycles. The Hall–Kier alpha value is -2.59. The first kappa shape index (κ1) is 24.7. The number of hydrogen-bond donors (Lipinski definition) is 0. The predicted molar refractivity (Wildman–Crippen MR) is 129 cm³/mol. The SMILES string of the molecule is C=C(CN(C)C)C(=O)OCCOc1ccc(-c2ccc(CCCCC)cc2CC)cc1. The van der Waals surface area contributed by atoms with Crippen LogP contribution in [0, 0.1) is 0 Å². The van der Waals surface area contributed by atoms with E-state index in [1.54, 1.807) is 0 Å². The average molecular weight is 424 g/mol. The molecule has 0 aliphatic carbocycles. The lowest BCUT2D eigenvalue weighted by Crippen LogP contribution is -2.22. The Morgan fingerprint density at radius 2 is 1.74 bits per heavy atom. The second-order valence-electron chi connectivity index (χ2n) is 8.15. The molecule has 0 radical (unpaired) electrons. The molecule has 31 heavy (non-hydrogen) atoms. The highest BCUT2D eigenvalue weighted by atomic mass is 16.6. The zero-order valence-electron chi connectivity index (χ0n) is 19.6. The fourth-order valence-electron chi connectivity index (χ4n) is 3.53. The molecule has 168 valence electrons. The molecule has 0 N–H and O–H groups in total. The smallest absolute Gasteiger partial charge is 0.334 e. The van der Waals surface area contributed by atoms with Gasteiger partial charge in [0.05, 0.1) is 0 Å². The molecule has 0 atom stereocenters. The first-order chi connectivity index (χ1) is 14.9. The number of rotatable bonds is 13. The van der Waals surface area contributed by atoms with Gasteiger partial charge in [-0.1, -0.05) is 63.6 Å². The van der Waals surface area contributed by atoms with E-state index in [1.165, 1.54) is 41.5 Å². The average Bonchev–Trinajstić information content (AvgIpc) is 2.76. The van der Waals surface area contributed by atoms with Crippen molar-refractivity contribution in [3.8, 4) is 16.9 Å². The topological polar surface area (TPSA) is 38.8 Å². The van der Waals surface area contributed by atoms with Crippen molar-refractivity contribution in [3.05, 3.63) is 65.7 Å². The molecule has 0 bridgehead atoms. The van der Waals surface area contributed by atoms with Crippen molar-refractivity contribution in [2.24, 2.45) is 0 Å². The van der Waals surface area contributed by atoms with E-state index in [4.69, 9.17) is 9.47 Å². The number of unbranched alkanes of at least 4 members (excludes halogenated alkanes) is 2. The van der Waals surface area contributed by atoms with Gasteiger partial charge in [-0.3, -0.25) is 0 Å². The van der Waals surface area contributed by atoms with Crippen LogP contribution in [0.25, 0.3) is 11.1 Å². The van der Waals surface area contributed by atoms with Crippen molar-refractivity contribution in [2.75, 3.05) is 33.9 Å². The highest BCUT2D eigenvalue weighted by molar-refractivity contribution is 5.88. The summed E-state index contributed by atoms with van der Waals surface area (Å²) in [6.07, 6.45) is 5.96. The van der Waals surface area contributed by atoms with Gasteiger partial charge in [0.2, 0.25) is 0 Å². The number of carbonyl (C=O) groups is 1. The Morgan fingerprint density at radius 3 is 2.39 bits per heavy atom. The summed E-state index contributed by atoms with van der Waals surface area (Å²) in [6, 6.07) is 15.0. The summed E-state index contributed by atoms with van der Waals surface area (Å²) in [7, 11) is 3.77. The predicted octanol–water partition coefficient (Wildman–Crippen LogP) is 5.69. The van der Waals surface area contributed by atoms with Gasteiger partial charge in [0.25, 0.3) is 0 Å². The first-order valence-corrected chi connectivity index (χ1v) is 11.3. The van der Waals surface area contributed by atoms with Gasteiger partial charge in [-0.2, -0.15) is 0 Å². The van der Waals surface area contributed by atoms with Crippen LogP contribution in [-0.4, -0.2) is 44.7 Å². The van der Waals surface area contributed by atoms with Crippen LogP contribution in [0.3, 0.4) is 0 Å². The Balaban J connectivity index is 1.88. The van der Waals surface area contributed by atoms with Crippen LogP contribution >= 0.6 is 0 Å². The highest BCUT2D eigenvalue weighted by Crippen LogP contribution is 2.27. The number of carbonyl (C=O) groups excluding carboxylic acids is 1. The maximum Gasteiger partial charge on any atom is 0.334 e. The summed E-state index contributed by atoms with van der Waals surface area (Å²) in [4.78, 5) is 13.7. The van der Waals surface area contributed by atoms with Gasteiger partial charge in [0.1, 0.15) is 19.0 Å². The monoisotopic (exact) mass is 423 g/mol. The number of aryl methyl sites for hydroxylation is 2. The molecule has 0 amide bonds. The van der Waals surface area contributed by atoms with Crippen molar-refractivity contribution >= 4 is 5.97 Å². The Kier molecular flexibility index (Phi) is 10.3. The van der Waals surface area contributed by atoms with Crippen LogP contribution in [0.4, 0.5) is 0 Å².